The summed E-state index contributed by atoms with van der Waals surface area (Å²) in [7, 11) is -3.47. The van der Waals surface area contributed by atoms with Crippen LogP contribution in [0.5, 0.6) is 0 Å². The first kappa shape index (κ1) is 28.3. The first-order valence-electron chi connectivity index (χ1n) is 14.0. The number of fused-ring (bicyclic) bond motifs is 2. The van der Waals surface area contributed by atoms with Crippen LogP contribution in [0.25, 0.3) is 10.8 Å². The zero-order valence-electron chi connectivity index (χ0n) is 22.7. The lowest BCUT2D eigenvalue weighted by molar-refractivity contribution is 0.0734. The van der Waals surface area contributed by atoms with Gasteiger partial charge in [-0.2, -0.15) is 4.31 Å². The van der Waals surface area contributed by atoms with Gasteiger partial charge in [0, 0.05) is 60.8 Å². The minimum Gasteiger partial charge on any atom is -0.364 e. The molecule has 5 atom stereocenters. The van der Waals surface area contributed by atoms with Crippen LogP contribution in [0.1, 0.15) is 54.5 Å². The molecule has 6 rings (SSSR count). The Balaban J connectivity index is 1.20. The Morgan fingerprint density at radius 1 is 1.00 bits per heavy atom. The fraction of sp³-hybridized carbons (Fsp3) is 0.517. The van der Waals surface area contributed by atoms with Crippen LogP contribution < -0.4 is 5.32 Å². The second kappa shape index (κ2) is 11.1. The highest BCUT2D eigenvalue weighted by atomic mass is 32.2. The minimum atomic E-state index is -3.47. The molecule has 0 saturated carbocycles. The number of sulfonamides is 1. The van der Waals surface area contributed by atoms with E-state index in [0.29, 0.717) is 42.0 Å². The molecule has 3 aliphatic rings. The fourth-order valence-corrected chi connectivity index (χ4v) is 7.55. The molecule has 0 radical (unpaired) electrons. The third-order valence-electron chi connectivity index (χ3n) is 8.81. The average molecular weight is 592 g/mol. The number of benzene rings is 1. The van der Waals surface area contributed by atoms with E-state index in [0.717, 1.165) is 40.2 Å². The van der Waals surface area contributed by atoms with Crippen molar-refractivity contribution < 1.29 is 26.0 Å². The lowest BCUT2D eigenvalue weighted by atomic mass is 9.83. The van der Waals surface area contributed by atoms with Gasteiger partial charge in [0.1, 0.15) is 29.8 Å². The third kappa shape index (κ3) is 5.65. The van der Waals surface area contributed by atoms with E-state index in [1.807, 2.05) is 4.90 Å². The van der Waals surface area contributed by atoms with Crippen molar-refractivity contribution in [3.05, 3.63) is 65.1 Å². The number of rotatable bonds is 5. The van der Waals surface area contributed by atoms with Crippen molar-refractivity contribution in [1.29, 1.82) is 0 Å². The van der Waals surface area contributed by atoms with E-state index in [2.05, 4.69) is 15.3 Å². The molecule has 1 unspecified atom stereocenters. The number of nitrogens with one attached hydrogen (secondary N) is 1. The van der Waals surface area contributed by atoms with Gasteiger partial charge in [-0.05, 0) is 68.0 Å². The molecule has 1 N–H and O–H groups in total. The Labute approximate surface area is 237 Å². The maximum atomic E-state index is 15.9. The predicted molar refractivity (Wildman–Crippen MR) is 149 cm³/mol. The van der Waals surface area contributed by atoms with Crippen LogP contribution in [0.15, 0.2) is 36.7 Å². The van der Waals surface area contributed by atoms with Crippen molar-refractivity contribution in [3.63, 3.8) is 0 Å². The summed E-state index contributed by atoms with van der Waals surface area (Å²) >= 11 is 0. The first-order valence-corrected chi connectivity index (χ1v) is 15.9. The molecule has 4 heterocycles. The normalized spacial score (nSPS) is 28.0. The predicted octanol–water partition coefficient (Wildman–Crippen LogP) is 4.90. The zero-order chi connectivity index (χ0) is 28.9. The monoisotopic (exact) mass is 591 g/mol. The maximum absolute atomic E-state index is 15.9. The Bertz CT molecular complexity index is 1560. The molecule has 2 aliphatic heterocycles. The molecule has 2 fully saturated rings. The van der Waals surface area contributed by atoms with Crippen LogP contribution in [0.4, 0.5) is 23.4 Å². The van der Waals surface area contributed by atoms with E-state index < -0.39 is 46.0 Å². The van der Waals surface area contributed by atoms with Crippen molar-refractivity contribution in [1.82, 2.24) is 19.2 Å². The van der Waals surface area contributed by atoms with E-state index in [-0.39, 0.29) is 32.1 Å². The molecule has 220 valence electrons. The highest BCUT2D eigenvalue weighted by Gasteiger charge is 2.38. The van der Waals surface area contributed by atoms with E-state index >= 15 is 4.39 Å². The SMILES string of the molecule is CS(=O)(=O)N1CC[C@@H](Nc2cc3c([C@@H]4CCN(C5CCCc6c(F)cc(F)cc65)C[C@H]4F)nccc3cn2)[C@H](F)C1. The molecule has 12 heteroatoms. The number of anilines is 1. The largest absolute Gasteiger partial charge is 0.364 e. The van der Waals surface area contributed by atoms with Crippen LogP contribution in [0, 0.1) is 11.6 Å². The van der Waals surface area contributed by atoms with Gasteiger partial charge >= 0.3 is 0 Å². The smallest absolute Gasteiger partial charge is 0.211 e. The van der Waals surface area contributed by atoms with Crippen LogP contribution in [0.3, 0.4) is 0 Å². The number of pyridine rings is 2. The maximum Gasteiger partial charge on any atom is 0.211 e. The van der Waals surface area contributed by atoms with Gasteiger partial charge in [-0.15, -0.1) is 0 Å². The van der Waals surface area contributed by atoms with Gasteiger partial charge in [0.05, 0.1) is 18.0 Å². The Hall–Kier alpha value is -2.83. The molecule has 3 aromatic rings. The van der Waals surface area contributed by atoms with E-state index in [9.17, 15) is 21.6 Å². The van der Waals surface area contributed by atoms with Crippen LogP contribution in [0.2, 0.25) is 0 Å². The molecule has 7 nitrogen and oxygen atoms in total. The van der Waals surface area contributed by atoms with Gasteiger partial charge in [0.25, 0.3) is 0 Å². The van der Waals surface area contributed by atoms with Crippen molar-refractivity contribution in [2.24, 2.45) is 0 Å². The van der Waals surface area contributed by atoms with Gasteiger partial charge in [0.2, 0.25) is 10.0 Å². The van der Waals surface area contributed by atoms with Crippen LogP contribution in [-0.2, 0) is 16.4 Å². The standard InChI is InChI=1S/C29H33F4N5O2S/c1-41(39,40)38-10-7-26(25(33)16-38)36-28-13-21-17(14-35-28)5-8-34-29(21)20-6-9-37(15-24(20)32)27-4-2-3-19-22(27)11-18(30)12-23(19)31/h5,8,11-14,20,24-27H,2-4,6-7,9-10,15-16H2,1H3,(H,35,36)/t20-,24-,25-,26-,27?/m1/s1. The summed E-state index contributed by atoms with van der Waals surface area (Å²) in [5.74, 6) is -1.21. The van der Waals surface area contributed by atoms with E-state index in [4.69, 9.17) is 0 Å². The highest BCUT2D eigenvalue weighted by molar-refractivity contribution is 7.88. The summed E-state index contributed by atoms with van der Waals surface area (Å²) in [5.41, 5.74) is 1.75. The molecule has 0 bridgehead atoms. The molecule has 2 aromatic heterocycles. The highest BCUT2D eigenvalue weighted by Crippen LogP contribution is 2.41. The third-order valence-corrected chi connectivity index (χ3v) is 10.1. The van der Waals surface area contributed by atoms with Crippen molar-refractivity contribution in [2.45, 2.75) is 62.4 Å². The number of aromatic nitrogens is 2. The number of hydrogen-bond donors (Lipinski definition) is 1. The Morgan fingerprint density at radius 2 is 1.83 bits per heavy atom. The van der Waals surface area contributed by atoms with Gasteiger partial charge < -0.3 is 5.32 Å². The summed E-state index contributed by atoms with van der Waals surface area (Å²) in [4.78, 5) is 11.0. The molecular formula is C29H33F4N5O2S. The average Bonchev–Trinajstić information content (AvgIpc) is 2.93. The zero-order valence-corrected chi connectivity index (χ0v) is 23.6. The van der Waals surface area contributed by atoms with Crippen LogP contribution in [-0.4, -0.2) is 78.4 Å². The quantitative estimate of drug-likeness (QED) is 0.426. The summed E-state index contributed by atoms with van der Waals surface area (Å²) in [5, 5.41) is 4.61. The number of piperidine rings is 2. The molecule has 1 aliphatic carbocycles. The molecule has 0 amide bonds. The Kier molecular flexibility index (Phi) is 7.67. The number of alkyl halides is 2. The summed E-state index contributed by atoms with van der Waals surface area (Å²) in [6.07, 6.45) is 4.51. The summed E-state index contributed by atoms with van der Waals surface area (Å²) in [6.45, 7) is 0.682. The molecule has 2 saturated heterocycles. The number of hydrogen-bond acceptors (Lipinski definition) is 6. The number of halogens is 4. The summed E-state index contributed by atoms with van der Waals surface area (Å²) < 4.78 is 84.0. The van der Waals surface area contributed by atoms with Gasteiger partial charge in [-0.1, -0.05) is 0 Å². The van der Waals surface area contributed by atoms with Crippen molar-refractivity contribution in [3.8, 4) is 0 Å². The second-order valence-electron chi connectivity index (χ2n) is 11.4. The van der Waals surface area contributed by atoms with E-state index in [1.165, 1.54) is 6.07 Å². The first-order chi connectivity index (χ1) is 19.6. The number of likely N-dealkylation sites (tertiary alicyclic amines) is 1. The Morgan fingerprint density at radius 3 is 2.59 bits per heavy atom. The summed E-state index contributed by atoms with van der Waals surface area (Å²) in [6, 6.07) is 5.02. The van der Waals surface area contributed by atoms with Gasteiger partial charge in [-0.25, -0.2) is 31.0 Å². The lowest BCUT2D eigenvalue weighted by Crippen LogP contribution is -2.49. The van der Waals surface area contributed by atoms with Crippen molar-refractivity contribution >= 4 is 26.6 Å². The van der Waals surface area contributed by atoms with Crippen molar-refractivity contribution in [2.75, 3.05) is 37.8 Å². The lowest BCUT2D eigenvalue weighted by Gasteiger charge is -2.41. The molecule has 1 aromatic carbocycles. The van der Waals surface area contributed by atoms with Gasteiger partial charge in [-0.3, -0.25) is 9.88 Å². The molecular weight excluding hydrogens is 558 g/mol. The number of nitrogens with zero attached hydrogens (tertiary/aromatic N) is 4. The minimum absolute atomic E-state index is 0.129. The van der Waals surface area contributed by atoms with Gasteiger partial charge in [0.15, 0.2) is 0 Å². The molecule has 41 heavy (non-hydrogen) atoms. The topological polar surface area (TPSA) is 78.4 Å². The van der Waals surface area contributed by atoms with Crippen LogP contribution >= 0.6 is 0 Å². The second-order valence-corrected chi connectivity index (χ2v) is 13.4. The van der Waals surface area contributed by atoms with E-state index in [1.54, 1.807) is 24.5 Å². The fourth-order valence-electron chi connectivity index (χ4n) is 6.70. The molecule has 0 spiro atoms.